The summed E-state index contributed by atoms with van der Waals surface area (Å²) in [7, 11) is 0. The Morgan fingerprint density at radius 3 is 2.75 bits per heavy atom. The zero-order valence-corrected chi connectivity index (χ0v) is 6.48. The molecule has 0 fully saturated rings. The molecule has 4 heteroatoms. The normalized spacial score (nSPS) is 9.92. The second kappa shape index (κ2) is 4.01. The molecule has 0 saturated carbocycles. The molecule has 0 bridgehead atoms. The van der Waals surface area contributed by atoms with Crippen LogP contribution in [-0.4, -0.2) is 13.1 Å². The van der Waals surface area contributed by atoms with Crippen molar-refractivity contribution in [2.75, 3.05) is 18.4 Å². The minimum atomic E-state index is -0.468. The van der Waals surface area contributed by atoms with E-state index in [0.29, 0.717) is 13.1 Å². The van der Waals surface area contributed by atoms with Crippen LogP contribution in [-0.2, 0) is 0 Å². The summed E-state index contributed by atoms with van der Waals surface area (Å²) in [6.45, 7) is 0.816. The maximum absolute atomic E-state index is 12.8. The molecule has 1 aromatic rings. The summed E-state index contributed by atoms with van der Waals surface area (Å²) in [6, 6.07) is 3.25. The molecule has 0 unspecified atom stereocenters. The topological polar surface area (TPSA) is 38.0 Å². The molecule has 0 aromatic heterocycles. The lowest BCUT2D eigenvalue weighted by atomic mass is 10.3. The van der Waals surface area contributed by atoms with Crippen molar-refractivity contribution in [1.29, 1.82) is 0 Å². The highest BCUT2D eigenvalue weighted by atomic mass is 19.1. The average Bonchev–Trinajstić information content (AvgIpc) is 2.07. The molecule has 3 N–H and O–H groups in total. The van der Waals surface area contributed by atoms with Crippen LogP contribution in [0, 0.1) is 11.6 Å². The molecular weight excluding hydrogens is 162 g/mol. The van der Waals surface area contributed by atoms with Gasteiger partial charge in [0.15, 0.2) is 0 Å². The van der Waals surface area contributed by atoms with Gasteiger partial charge in [0, 0.05) is 13.1 Å². The molecule has 66 valence electrons. The average molecular weight is 172 g/mol. The number of halogens is 2. The monoisotopic (exact) mass is 172 g/mol. The van der Waals surface area contributed by atoms with Gasteiger partial charge in [-0.05, 0) is 18.2 Å². The highest BCUT2D eigenvalue weighted by Crippen LogP contribution is 2.14. The third-order valence-corrected chi connectivity index (χ3v) is 1.39. The first-order valence-electron chi connectivity index (χ1n) is 3.63. The molecule has 1 aromatic carbocycles. The van der Waals surface area contributed by atoms with Crippen molar-refractivity contribution < 1.29 is 8.78 Å². The van der Waals surface area contributed by atoms with Gasteiger partial charge in [-0.2, -0.15) is 0 Å². The Labute approximate surface area is 69.4 Å². The zero-order chi connectivity index (χ0) is 8.97. The molecule has 0 aliphatic heterocycles. The number of benzene rings is 1. The van der Waals surface area contributed by atoms with E-state index in [-0.39, 0.29) is 5.69 Å². The van der Waals surface area contributed by atoms with E-state index in [9.17, 15) is 8.78 Å². The number of nitrogens with two attached hydrogens (primary N) is 1. The van der Waals surface area contributed by atoms with E-state index in [1.165, 1.54) is 0 Å². The first kappa shape index (κ1) is 8.93. The lowest BCUT2D eigenvalue weighted by Gasteiger charge is -2.04. The fraction of sp³-hybridized carbons (Fsp3) is 0.250. The van der Waals surface area contributed by atoms with Crippen molar-refractivity contribution in [3.63, 3.8) is 0 Å². The SMILES string of the molecule is NCCNc1cc(F)ccc1F. The summed E-state index contributed by atoms with van der Waals surface area (Å²) in [5.41, 5.74) is 5.34. The van der Waals surface area contributed by atoms with Crippen molar-refractivity contribution in [2.24, 2.45) is 5.73 Å². The molecule has 0 heterocycles. The van der Waals surface area contributed by atoms with E-state index in [4.69, 9.17) is 5.73 Å². The quantitative estimate of drug-likeness (QED) is 0.722. The van der Waals surface area contributed by atoms with Crippen LogP contribution in [0.15, 0.2) is 18.2 Å². The maximum atomic E-state index is 12.8. The summed E-state index contributed by atoms with van der Waals surface area (Å²) in [4.78, 5) is 0. The molecular formula is C8H10F2N2. The summed E-state index contributed by atoms with van der Waals surface area (Å²) in [6.07, 6.45) is 0. The van der Waals surface area contributed by atoms with E-state index in [2.05, 4.69) is 5.32 Å². The van der Waals surface area contributed by atoms with Gasteiger partial charge in [0.1, 0.15) is 11.6 Å². The Bertz CT molecular complexity index is 263. The predicted octanol–water partition coefficient (Wildman–Crippen LogP) is 1.34. The van der Waals surface area contributed by atoms with Crippen molar-refractivity contribution in [3.8, 4) is 0 Å². The Kier molecular flexibility index (Phi) is 2.99. The molecule has 0 atom stereocenters. The van der Waals surface area contributed by atoms with E-state index < -0.39 is 11.6 Å². The highest BCUT2D eigenvalue weighted by molar-refractivity contribution is 5.44. The van der Waals surface area contributed by atoms with Crippen LogP contribution >= 0.6 is 0 Å². The van der Waals surface area contributed by atoms with Gasteiger partial charge in [0.25, 0.3) is 0 Å². The second-order valence-electron chi connectivity index (χ2n) is 2.34. The van der Waals surface area contributed by atoms with Gasteiger partial charge >= 0.3 is 0 Å². The lowest BCUT2D eigenvalue weighted by molar-refractivity contribution is 0.602. The van der Waals surface area contributed by atoms with Crippen LogP contribution in [0.3, 0.4) is 0 Å². The van der Waals surface area contributed by atoms with E-state index in [1.807, 2.05) is 0 Å². The maximum Gasteiger partial charge on any atom is 0.146 e. The fourth-order valence-electron chi connectivity index (χ4n) is 0.840. The molecule has 0 saturated heterocycles. The molecule has 0 spiro atoms. The van der Waals surface area contributed by atoms with Crippen LogP contribution < -0.4 is 11.1 Å². The smallest absolute Gasteiger partial charge is 0.146 e. The van der Waals surface area contributed by atoms with Gasteiger partial charge in [0.2, 0.25) is 0 Å². The lowest BCUT2D eigenvalue weighted by Crippen LogP contribution is -2.13. The minimum Gasteiger partial charge on any atom is -0.381 e. The van der Waals surface area contributed by atoms with E-state index >= 15 is 0 Å². The summed E-state index contributed by atoms with van der Waals surface area (Å²) in [5, 5.41) is 2.66. The molecule has 0 radical (unpaired) electrons. The van der Waals surface area contributed by atoms with Crippen molar-refractivity contribution in [3.05, 3.63) is 29.8 Å². The Morgan fingerprint density at radius 2 is 2.08 bits per heavy atom. The van der Waals surface area contributed by atoms with Gasteiger partial charge < -0.3 is 11.1 Å². The fourth-order valence-corrected chi connectivity index (χ4v) is 0.840. The standard InChI is InChI=1S/C8H10F2N2/c9-6-1-2-7(10)8(5-6)12-4-3-11/h1-2,5,12H,3-4,11H2. The van der Waals surface area contributed by atoms with Gasteiger partial charge in [-0.15, -0.1) is 0 Å². The Morgan fingerprint density at radius 1 is 1.33 bits per heavy atom. The number of rotatable bonds is 3. The first-order valence-corrected chi connectivity index (χ1v) is 3.63. The van der Waals surface area contributed by atoms with Gasteiger partial charge in [-0.25, -0.2) is 8.78 Å². The predicted molar refractivity (Wildman–Crippen MR) is 43.9 cm³/mol. The molecule has 1 rings (SSSR count). The van der Waals surface area contributed by atoms with Crippen molar-refractivity contribution >= 4 is 5.69 Å². The van der Waals surface area contributed by atoms with Gasteiger partial charge in [0.05, 0.1) is 5.69 Å². The highest BCUT2D eigenvalue weighted by Gasteiger charge is 2.01. The molecule has 0 amide bonds. The largest absolute Gasteiger partial charge is 0.381 e. The van der Waals surface area contributed by atoms with E-state index in [1.54, 1.807) is 0 Å². The van der Waals surface area contributed by atoms with Crippen LogP contribution in [0.4, 0.5) is 14.5 Å². The second-order valence-corrected chi connectivity index (χ2v) is 2.34. The van der Waals surface area contributed by atoms with Gasteiger partial charge in [-0.1, -0.05) is 0 Å². The van der Waals surface area contributed by atoms with E-state index in [0.717, 1.165) is 18.2 Å². The molecule has 2 nitrogen and oxygen atoms in total. The Hall–Kier alpha value is -1.16. The number of nitrogens with one attached hydrogen (secondary N) is 1. The summed E-state index contributed by atoms with van der Waals surface area (Å²) in [5.74, 6) is -0.930. The Balaban J connectivity index is 2.75. The third-order valence-electron chi connectivity index (χ3n) is 1.39. The van der Waals surface area contributed by atoms with Crippen LogP contribution in [0.1, 0.15) is 0 Å². The molecule has 0 aliphatic carbocycles. The molecule has 0 aliphatic rings. The summed E-state index contributed by atoms with van der Waals surface area (Å²) >= 11 is 0. The zero-order valence-electron chi connectivity index (χ0n) is 6.48. The third kappa shape index (κ3) is 2.17. The number of anilines is 1. The summed E-state index contributed by atoms with van der Waals surface area (Å²) < 4.78 is 25.4. The van der Waals surface area contributed by atoms with Crippen molar-refractivity contribution in [1.82, 2.24) is 0 Å². The minimum absolute atomic E-state index is 0.153. The number of hydrogen-bond donors (Lipinski definition) is 2. The number of hydrogen-bond acceptors (Lipinski definition) is 2. The van der Waals surface area contributed by atoms with Crippen LogP contribution in [0.25, 0.3) is 0 Å². The van der Waals surface area contributed by atoms with Crippen molar-refractivity contribution in [2.45, 2.75) is 0 Å². The molecule has 12 heavy (non-hydrogen) atoms. The van der Waals surface area contributed by atoms with Gasteiger partial charge in [-0.3, -0.25) is 0 Å². The first-order chi connectivity index (χ1) is 5.74. The van der Waals surface area contributed by atoms with Crippen LogP contribution in [0.2, 0.25) is 0 Å². The van der Waals surface area contributed by atoms with Crippen LogP contribution in [0.5, 0.6) is 0 Å².